The molecule has 2 rings (SSSR count). The van der Waals surface area contributed by atoms with Crippen LogP contribution in [0.5, 0.6) is 11.5 Å². The highest BCUT2D eigenvalue weighted by Crippen LogP contribution is 2.38. The van der Waals surface area contributed by atoms with Gasteiger partial charge < -0.3 is 10.5 Å². The molecule has 6 heteroatoms. The van der Waals surface area contributed by atoms with Gasteiger partial charge in [0.05, 0.1) is 5.56 Å². The van der Waals surface area contributed by atoms with Gasteiger partial charge in [-0.15, -0.1) is 0 Å². The summed E-state index contributed by atoms with van der Waals surface area (Å²) in [5.74, 6) is 0.0816. The van der Waals surface area contributed by atoms with Crippen LogP contribution in [0.25, 0.3) is 0 Å². The average Bonchev–Trinajstić information content (AvgIpc) is 2.38. The molecule has 0 aliphatic heterocycles. The molecule has 0 saturated heterocycles. The quantitative estimate of drug-likeness (QED) is 0.873. The van der Waals surface area contributed by atoms with Crippen LogP contribution in [0.15, 0.2) is 46.9 Å². The molecule has 2 aromatic carbocycles. The van der Waals surface area contributed by atoms with Crippen molar-refractivity contribution >= 4 is 15.9 Å². The van der Waals surface area contributed by atoms with Crippen molar-refractivity contribution in [2.75, 3.05) is 0 Å². The molecule has 106 valence electrons. The fourth-order valence-electron chi connectivity index (χ4n) is 1.67. The summed E-state index contributed by atoms with van der Waals surface area (Å²) in [6, 6.07) is 9.97. The van der Waals surface area contributed by atoms with Gasteiger partial charge in [-0.2, -0.15) is 13.2 Å². The minimum absolute atomic E-state index is 0.229. The zero-order chi connectivity index (χ0) is 14.8. The highest BCUT2D eigenvalue weighted by Gasteiger charge is 2.34. The molecule has 0 aliphatic carbocycles. The molecule has 2 nitrogen and oxygen atoms in total. The van der Waals surface area contributed by atoms with Gasteiger partial charge in [-0.1, -0.05) is 34.1 Å². The summed E-state index contributed by atoms with van der Waals surface area (Å²) in [6.07, 6.45) is -4.45. The van der Waals surface area contributed by atoms with Crippen molar-refractivity contribution in [2.45, 2.75) is 12.7 Å². The second kappa shape index (κ2) is 5.85. The summed E-state index contributed by atoms with van der Waals surface area (Å²) in [7, 11) is 0. The minimum atomic E-state index is -4.45. The first-order chi connectivity index (χ1) is 9.41. The van der Waals surface area contributed by atoms with Crippen molar-refractivity contribution in [3.8, 4) is 11.5 Å². The molecule has 0 radical (unpaired) electrons. The summed E-state index contributed by atoms with van der Waals surface area (Å²) in [5.41, 5.74) is 5.56. The molecule has 0 saturated carbocycles. The van der Waals surface area contributed by atoms with Crippen LogP contribution in [0.2, 0.25) is 0 Å². The van der Waals surface area contributed by atoms with Crippen LogP contribution >= 0.6 is 15.9 Å². The van der Waals surface area contributed by atoms with Crippen LogP contribution in [0.4, 0.5) is 13.2 Å². The van der Waals surface area contributed by atoms with Gasteiger partial charge in [-0.3, -0.25) is 0 Å². The van der Waals surface area contributed by atoms with Gasteiger partial charge in [-0.25, -0.2) is 0 Å². The van der Waals surface area contributed by atoms with Crippen LogP contribution in [0, 0.1) is 0 Å². The molecular weight excluding hydrogens is 335 g/mol. The van der Waals surface area contributed by atoms with E-state index in [1.807, 2.05) is 0 Å². The summed E-state index contributed by atoms with van der Waals surface area (Å²) in [4.78, 5) is 0. The molecule has 20 heavy (non-hydrogen) atoms. The van der Waals surface area contributed by atoms with E-state index in [0.717, 1.165) is 11.6 Å². The third kappa shape index (κ3) is 3.32. The fraction of sp³-hybridized carbons (Fsp3) is 0.143. The van der Waals surface area contributed by atoms with Gasteiger partial charge in [0, 0.05) is 11.0 Å². The number of rotatable bonds is 3. The third-order valence-corrected chi connectivity index (χ3v) is 3.40. The molecular formula is C14H11BrF3NO. The number of hydrogen-bond donors (Lipinski definition) is 1. The Bertz CT molecular complexity index is 614. The monoisotopic (exact) mass is 345 g/mol. The lowest BCUT2D eigenvalue weighted by atomic mass is 10.2. The third-order valence-electron chi connectivity index (χ3n) is 2.66. The van der Waals surface area contributed by atoms with Crippen LogP contribution in [0.1, 0.15) is 11.1 Å². The SMILES string of the molecule is NCc1ccc(Oc2ccccc2C(F)(F)F)cc1Br. The normalized spacial score (nSPS) is 11.4. The Kier molecular flexibility index (Phi) is 4.35. The standard InChI is InChI=1S/C14H11BrF3NO/c15-12-7-10(6-5-9(12)8-19)20-13-4-2-1-3-11(13)14(16,17)18/h1-7H,8,19H2. The van der Waals surface area contributed by atoms with E-state index < -0.39 is 11.7 Å². The molecule has 2 aromatic rings. The van der Waals surface area contributed by atoms with Crippen molar-refractivity contribution in [3.63, 3.8) is 0 Å². The van der Waals surface area contributed by atoms with Crippen LogP contribution in [0.3, 0.4) is 0 Å². The highest BCUT2D eigenvalue weighted by molar-refractivity contribution is 9.10. The van der Waals surface area contributed by atoms with Crippen molar-refractivity contribution in [1.82, 2.24) is 0 Å². The van der Waals surface area contributed by atoms with Crippen LogP contribution in [-0.4, -0.2) is 0 Å². The zero-order valence-corrected chi connectivity index (χ0v) is 11.8. The van der Waals surface area contributed by atoms with E-state index >= 15 is 0 Å². The van der Waals surface area contributed by atoms with E-state index in [9.17, 15) is 13.2 Å². The minimum Gasteiger partial charge on any atom is -0.457 e. The van der Waals surface area contributed by atoms with Gasteiger partial charge in [-0.05, 0) is 29.8 Å². The molecule has 0 atom stereocenters. The number of nitrogens with two attached hydrogens (primary N) is 1. The number of hydrogen-bond acceptors (Lipinski definition) is 2. The van der Waals surface area contributed by atoms with E-state index in [-0.39, 0.29) is 5.75 Å². The zero-order valence-electron chi connectivity index (χ0n) is 10.2. The second-order valence-corrected chi connectivity index (χ2v) is 4.91. The Balaban J connectivity index is 2.33. The van der Waals surface area contributed by atoms with Crippen molar-refractivity contribution in [1.29, 1.82) is 0 Å². The summed E-state index contributed by atoms with van der Waals surface area (Å²) >= 11 is 3.30. The smallest absolute Gasteiger partial charge is 0.419 e. The predicted octanol–water partition coefficient (Wildman–Crippen LogP) is 4.72. The Morgan fingerprint density at radius 1 is 1.10 bits per heavy atom. The lowest BCUT2D eigenvalue weighted by Crippen LogP contribution is -2.06. The van der Waals surface area contributed by atoms with Gasteiger partial charge in [0.1, 0.15) is 11.5 Å². The van der Waals surface area contributed by atoms with E-state index in [1.54, 1.807) is 18.2 Å². The van der Waals surface area contributed by atoms with Crippen molar-refractivity contribution in [3.05, 3.63) is 58.1 Å². The molecule has 0 aliphatic rings. The molecule has 0 fully saturated rings. The number of halogens is 4. The van der Waals surface area contributed by atoms with Crippen molar-refractivity contribution in [2.24, 2.45) is 5.73 Å². The molecule has 0 heterocycles. The molecule has 0 aromatic heterocycles. The van der Waals surface area contributed by atoms with E-state index in [2.05, 4.69) is 15.9 Å². The van der Waals surface area contributed by atoms with Crippen molar-refractivity contribution < 1.29 is 17.9 Å². The summed E-state index contributed by atoms with van der Waals surface area (Å²) in [5, 5.41) is 0. The molecule has 2 N–H and O–H groups in total. The highest BCUT2D eigenvalue weighted by atomic mass is 79.9. The summed E-state index contributed by atoms with van der Waals surface area (Å²) < 4.78 is 44.6. The molecule has 0 bridgehead atoms. The van der Waals surface area contributed by atoms with Gasteiger partial charge >= 0.3 is 6.18 Å². The van der Waals surface area contributed by atoms with E-state index in [1.165, 1.54) is 18.2 Å². The maximum Gasteiger partial charge on any atom is 0.419 e. The molecule has 0 spiro atoms. The number of para-hydroxylation sites is 1. The predicted molar refractivity (Wildman–Crippen MR) is 73.6 cm³/mol. The van der Waals surface area contributed by atoms with Gasteiger partial charge in [0.2, 0.25) is 0 Å². The Labute approximate surface area is 122 Å². The maximum absolute atomic E-state index is 12.8. The Morgan fingerprint density at radius 2 is 1.80 bits per heavy atom. The van der Waals surface area contributed by atoms with E-state index in [4.69, 9.17) is 10.5 Å². The maximum atomic E-state index is 12.8. The first kappa shape index (κ1) is 14.9. The Hall–Kier alpha value is -1.53. The van der Waals surface area contributed by atoms with Gasteiger partial charge in [0.25, 0.3) is 0 Å². The Morgan fingerprint density at radius 3 is 2.40 bits per heavy atom. The average molecular weight is 346 g/mol. The largest absolute Gasteiger partial charge is 0.457 e. The number of benzene rings is 2. The second-order valence-electron chi connectivity index (χ2n) is 4.05. The summed E-state index contributed by atoms with van der Waals surface area (Å²) in [6.45, 7) is 0.333. The van der Waals surface area contributed by atoms with Gasteiger partial charge in [0.15, 0.2) is 0 Å². The number of alkyl halides is 3. The first-order valence-electron chi connectivity index (χ1n) is 5.74. The lowest BCUT2D eigenvalue weighted by Gasteiger charge is -2.14. The molecule has 0 amide bonds. The molecule has 0 unspecified atom stereocenters. The first-order valence-corrected chi connectivity index (χ1v) is 6.53. The number of ether oxygens (including phenoxy) is 1. The lowest BCUT2D eigenvalue weighted by molar-refractivity contribution is -0.138. The topological polar surface area (TPSA) is 35.2 Å². The van der Waals surface area contributed by atoms with E-state index in [0.29, 0.717) is 16.8 Å². The fourth-order valence-corrected chi connectivity index (χ4v) is 2.19. The van der Waals surface area contributed by atoms with Crippen LogP contribution < -0.4 is 10.5 Å². The van der Waals surface area contributed by atoms with Crippen LogP contribution in [-0.2, 0) is 12.7 Å².